The van der Waals surface area contributed by atoms with Crippen molar-refractivity contribution in [1.82, 2.24) is 0 Å². The Labute approximate surface area is 108 Å². The number of benzene rings is 2. The number of anilines is 1. The van der Waals surface area contributed by atoms with Crippen molar-refractivity contribution in [2.24, 2.45) is 0 Å². The Morgan fingerprint density at radius 1 is 1.06 bits per heavy atom. The van der Waals surface area contributed by atoms with E-state index in [1.54, 1.807) is 0 Å². The van der Waals surface area contributed by atoms with Crippen molar-refractivity contribution >= 4 is 5.69 Å². The van der Waals surface area contributed by atoms with Gasteiger partial charge >= 0.3 is 0 Å². The molecular formula is C16H17NO. The summed E-state index contributed by atoms with van der Waals surface area (Å²) in [6, 6.07) is 14.9. The fourth-order valence-corrected chi connectivity index (χ4v) is 2.21. The van der Waals surface area contributed by atoms with Crippen LogP contribution in [0.2, 0.25) is 0 Å². The molecule has 1 aliphatic heterocycles. The average molecular weight is 239 g/mol. The van der Waals surface area contributed by atoms with Gasteiger partial charge in [0.1, 0.15) is 11.9 Å². The molecule has 1 heterocycles. The first-order chi connectivity index (χ1) is 8.72. The molecule has 92 valence electrons. The molecule has 2 aromatic carbocycles. The largest absolute Gasteiger partial charge is 0.487 e. The Morgan fingerprint density at radius 2 is 1.78 bits per heavy atom. The third-order valence-corrected chi connectivity index (χ3v) is 3.27. The van der Waals surface area contributed by atoms with E-state index in [4.69, 9.17) is 4.74 Å². The molecule has 0 bridgehead atoms. The van der Waals surface area contributed by atoms with Crippen LogP contribution in [0.4, 0.5) is 5.69 Å². The van der Waals surface area contributed by atoms with E-state index >= 15 is 0 Å². The van der Waals surface area contributed by atoms with Crippen LogP contribution in [0.3, 0.4) is 0 Å². The number of nitrogens with one attached hydrogen (secondary N) is 1. The number of hydrogen-bond donors (Lipinski definition) is 1. The van der Waals surface area contributed by atoms with E-state index in [9.17, 15) is 0 Å². The van der Waals surface area contributed by atoms with Crippen LogP contribution >= 0.6 is 0 Å². The van der Waals surface area contributed by atoms with Crippen molar-refractivity contribution < 1.29 is 4.74 Å². The minimum Gasteiger partial charge on any atom is -0.487 e. The fraction of sp³-hybridized carbons (Fsp3) is 0.250. The summed E-state index contributed by atoms with van der Waals surface area (Å²) in [4.78, 5) is 0. The van der Waals surface area contributed by atoms with Gasteiger partial charge in [-0.15, -0.1) is 0 Å². The van der Waals surface area contributed by atoms with Gasteiger partial charge < -0.3 is 10.1 Å². The first-order valence-electron chi connectivity index (χ1n) is 6.34. The molecule has 0 radical (unpaired) electrons. The van der Waals surface area contributed by atoms with Crippen LogP contribution in [0.25, 0.3) is 11.1 Å². The van der Waals surface area contributed by atoms with E-state index in [0.29, 0.717) is 0 Å². The van der Waals surface area contributed by atoms with Crippen LogP contribution in [-0.4, -0.2) is 12.6 Å². The molecule has 0 spiro atoms. The summed E-state index contributed by atoms with van der Waals surface area (Å²) < 4.78 is 5.78. The third-order valence-electron chi connectivity index (χ3n) is 3.27. The molecule has 1 unspecified atom stereocenters. The Kier molecular flexibility index (Phi) is 2.71. The van der Waals surface area contributed by atoms with E-state index in [0.717, 1.165) is 18.0 Å². The molecule has 2 heteroatoms. The highest BCUT2D eigenvalue weighted by atomic mass is 16.5. The Balaban J connectivity index is 1.97. The summed E-state index contributed by atoms with van der Waals surface area (Å²) in [6.07, 6.45) is 0.239. The number of fused-ring (bicyclic) bond motifs is 1. The average Bonchev–Trinajstić information content (AvgIpc) is 2.39. The van der Waals surface area contributed by atoms with Gasteiger partial charge in [-0.2, -0.15) is 0 Å². The standard InChI is InChI=1S/C16H17NO/c1-11-3-5-13(6-4-11)14-7-8-16-15(9-14)17-10-12(2)18-16/h3-9,12,17H,10H2,1-2H3. The van der Waals surface area contributed by atoms with Crippen molar-refractivity contribution in [2.75, 3.05) is 11.9 Å². The first-order valence-corrected chi connectivity index (χ1v) is 6.34. The summed E-state index contributed by atoms with van der Waals surface area (Å²) >= 11 is 0. The monoisotopic (exact) mass is 239 g/mol. The van der Waals surface area contributed by atoms with Crippen LogP contribution in [0.1, 0.15) is 12.5 Å². The molecule has 1 atom stereocenters. The van der Waals surface area contributed by atoms with Gasteiger partial charge in [-0.05, 0) is 37.1 Å². The molecule has 1 aliphatic rings. The topological polar surface area (TPSA) is 21.3 Å². The lowest BCUT2D eigenvalue weighted by atomic mass is 10.0. The number of ether oxygens (including phenoxy) is 1. The van der Waals surface area contributed by atoms with Gasteiger partial charge in [0.15, 0.2) is 0 Å². The lowest BCUT2D eigenvalue weighted by Gasteiger charge is -2.25. The van der Waals surface area contributed by atoms with Crippen molar-refractivity contribution in [3.05, 3.63) is 48.0 Å². The molecule has 0 saturated carbocycles. The Hall–Kier alpha value is -1.96. The Morgan fingerprint density at radius 3 is 2.56 bits per heavy atom. The maximum absolute atomic E-state index is 5.78. The van der Waals surface area contributed by atoms with Crippen LogP contribution in [0, 0.1) is 6.92 Å². The molecule has 0 fully saturated rings. The second-order valence-electron chi connectivity index (χ2n) is 4.89. The lowest BCUT2D eigenvalue weighted by molar-refractivity contribution is 0.226. The zero-order chi connectivity index (χ0) is 12.5. The summed E-state index contributed by atoms with van der Waals surface area (Å²) in [5.74, 6) is 0.949. The van der Waals surface area contributed by atoms with Gasteiger partial charge in [-0.3, -0.25) is 0 Å². The van der Waals surface area contributed by atoms with Gasteiger partial charge in [0, 0.05) is 0 Å². The Bertz CT molecular complexity index is 560. The predicted octanol–water partition coefficient (Wildman–Crippen LogP) is 3.85. The second-order valence-corrected chi connectivity index (χ2v) is 4.89. The van der Waals surface area contributed by atoms with Gasteiger partial charge in [-0.25, -0.2) is 0 Å². The predicted molar refractivity (Wildman–Crippen MR) is 75.2 cm³/mol. The molecule has 1 N–H and O–H groups in total. The van der Waals surface area contributed by atoms with Gasteiger partial charge in [-0.1, -0.05) is 35.9 Å². The minimum absolute atomic E-state index is 0.239. The lowest BCUT2D eigenvalue weighted by Crippen LogP contribution is -2.27. The number of aryl methyl sites for hydroxylation is 1. The number of rotatable bonds is 1. The van der Waals surface area contributed by atoms with Crippen molar-refractivity contribution in [3.8, 4) is 16.9 Å². The van der Waals surface area contributed by atoms with Crippen LogP contribution in [0.15, 0.2) is 42.5 Å². The minimum atomic E-state index is 0.239. The van der Waals surface area contributed by atoms with Crippen molar-refractivity contribution in [2.45, 2.75) is 20.0 Å². The molecular weight excluding hydrogens is 222 g/mol. The number of hydrogen-bond acceptors (Lipinski definition) is 2. The van der Waals surface area contributed by atoms with Crippen LogP contribution < -0.4 is 10.1 Å². The highest BCUT2D eigenvalue weighted by molar-refractivity contribution is 5.72. The van der Waals surface area contributed by atoms with E-state index in [1.165, 1.54) is 16.7 Å². The second kappa shape index (κ2) is 4.37. The normalized spacial score (nSPS) is 17.6. The zero-order valence-corrected chi connectivity index (χ0v) is 10.7. The molecule has 0 aromatic heterocycles. The molecule has 18 heavy (non-hydrogen) atoms. The SMILES string of the molecule is Cc1ccc(-c2ccc3c(c2)NCC(C)O3)cc1. The third kappa shape index (κ3) is 2.06. The zero-order valence-electron chi connectivity index (χ0n) is 10.7. The quantitative estimate of drug-likeness (QED) is 0.816. The maximum Gasteiger partial charge on any atom is 0.142 e. The first kappa shape index (κ1) is 11.1. The summed E-state index contributed by atoms with van der Waals surface area (Å²) in [5.41, 5.74) is 4.83. The van der Waals surface area contributed by atoms with Crippen molar-refractivity contribution in [1.29, 1.82) is 0 Å². The van der Waals surface area contributed by atoms with Crippen LogP contribution in [-0.2, 0) is 0 Å². The van der Waals surface area contributed by atoms with E-state index < -0.39 is 0 Å². The van der Waals surface area contributed by atoms with Crippen molar-refractivity contribution in [3.63, 3.8) is 0 Å². The summed E-state index contributed by atoms with van der Waals surface area (Å²) in [6.45, 7) is 5.04. The van der Waals surface area contributed by atoms with Gasteiger partial charge in [0.25, 0.3) is 0 Å². The fourth-order valence-electron chi connectivity index (χ4n) is 2.21. The van der Waals surface area contributed by atoms with E-state index in [2.05, 4.69) is 55.6 Å². The van der Waals surface area contributed by atoms with Gasteiger partial charge in [0.05, 0.1) is 12.2 Å². The molecule has 0 saturated heterocycles. The van der Waals surface area contributed by atoms with Crippen LogP contribution in [0.5, 0.6) is 5.75 Å². The molecule has 3 rings (SSSR count). The molecule has 0 aliphatic carbocycles. The smallest absolute Gasteiger partial charge is 0.142 e. The highest BCUT2D eigenvalue weighted by Crippen LogP contribution is 2.33. The summed E-state index contributed by atoms with van der Waals surface area (Å²) in [7, 11) is 0. The molecule has 2 nitrogen and oxygen atoms in total. The summed E-state index contributed by atoms with van der Waals surface area (Å²) in [5, 5.41) is 3.41. The van der Waals surface area contributed by atoms with E-state index in [-0.39, 0.29) is 6.10 Å². The van der Waals surface area contributed by atoms with E-state index in [1.807, 2.05) is 6.07 Å². The highest BCUT2D eigenvalue weighted by Gasteiger charge is 2.15. The van der Waals surface area contributed by atoms with Gasteiger partial charge in [0.2, 0.25) is 0 Å². The maximum atomic E-state index is 5.78. The molecule has 2 aromatic rings. The molecule has 0 amide bonds.